The molecule has 3 saturated carbocycles. The van der Waals surface area contributed by atoms with Crippen molar-refractivity contribution in [2.45, 2.75) is 64.9 Å². The number of hydrogen-bond donors (Lipinski definition) is 1. The van der Waals surface area contributed by atoms with E-state index in [1.165, 1.54) is 38.5 Å². The Morgan fingerprint density at radius 2 is 2.05 bits per heavy atom. The van der Waals surface area contributed by atoms with Gasteiger partial charge in [-0.05, 0) is 80.0 Å². The number of aliphatic hydroxyl groups excluding tert-OH is 1. The lowest BCUT2D eigenvalue weighted by Crippen LogP contribution is -2.49. The molecule has 4 rings (SSSR count). The molecule has 1 heteroatoms. The number of terminal acetylenes is 1. The van der Waals surface area contributed by atoms with Crippen molar-refractivity contribution in [1.29, 1.82) is 0 Å². The van der Waals surface area contributed by atoms with Gasteiger partial charge in [0, 0.05) is 5.92 Å². The largest absolute Gasteiger partial charge is 0.389 e. The monoisotopic (exact) mass is 298 g/mol. The molecule has 0 bridgehead atoms. The fourth-order valence-corrected chi connectivity index (χ4v) is 6.98. The lowest BCUT2D eigenvalue weighted by molar-refractivity contribution is -0.0363. The Balaban J connectivity index is 1.67. The summed E-state index contributed by atoms with van der Waals surface area (Å²) < 4.78 is 0. The summed E-state index contributed by atoms with van der Waals surface area (Å²) in [6.45, 7) is 4.96. The molecule has 0 heterocycles. The van der Waals surface area contributed by atoms with Crippen LogP contribution >= 0.6 is 0 Å². The van der Waals surface area contributed by atoms with Gasteiger partial charge in [-0.25, -0.2) is 0 Å². The van der Waals surface area contributed by atoms with Crippen molar-refractivity contribution >= 4 is 0 Å². The highest BCUT2D eigenvalue weighted by Gasteiger charge is 2.56. The Bertz CT molecular complexity index is 527. The predicted molar refractivity (Wildman–Crippen MR) is 90.0 cm³/mol. The summed E-state index contributed by atoms with van der Waals surface area (Å²) in [5.74, 6) is 7.81. The van der Waals surface area contributed by atoms with Crippen molar-refractivity contribution in [2.75, 3.05) is 0 Å². The third-order valence-electron chi connectivity index (χ3n) is 7.99. The van der Waals surface area contributed by atoms with Gasteiger partial charge in [0.25, 0.3) is 0 Å². The number of hydrogen-bond acceptors (Lipinski definition) is 1. The Morgan fingerprint density at radius 1 is 1.23 bits per heavy atom. The van der Waals surface area contributed by atoms with Crippen LogP contribution in [0.3, 0.4) is 0 Å². The van der Waals surface area contributed by atoms with Crippen molar-refractivity contribution in [3.63, 3.8) is 0 Å². The highest BCUT2D eigenvalue weighted by atomic mass is 16.3. The first-order chi connectivity index (χ1) is 10.5. The zero-order chi connectivity index (χ0) is 15.5. The average Bonchev–Trinajstić information content (AvgIpc) is 2.94. The van der Waals surface area contributed by atoms with Crippen molar-refractivity contribution < 1.29 is 5.11 Å². The van der Waals surface area contributed by atoms with Gasteiger partial charge in [0.1, 0.15) is 0 Å². The molecule has 0 spiro atoms. The lowest BCUT2D eigenvalue weighted by atomic mass is 9.48. The summed E-state index contributed by atoms with van der Waals surface area (Å²) in [6, 6.07) is 0. The molecule has 0 aromatic carbocycles. The average molecular weight is 298 g/mol. The molecule has 3 fully saturated rings. The van der Waals surface area contributed by atoms with Crippen molar-refractivity contribution in [3.8, 4) is 12.3 Å². The van der Waals surface area contributed by atoms with Crippen LogP contribution in [0, 0.1) is 53.3 Å². The van der Waals surface area contributed by atoms with Gasteiger partial charge in [-0.15, -0.1) is 12.3 Å². The Morgan fingerprint density at radius 3 is 2.82 bits per heavy atom. The first-order valence-corrected chi connectivity index (χ1v) is 9.40. The lowest BCUT2D eigenvalue weighted by Gasteiger charge is -2.57. The molecule has 4 unspecified atom stereocenters. The third kappa shape index (κ3) is 1.96. The minimum absolute atomic E-state index is 0.189. The van der Waals surface area contributed by atoms with E-state index in [9.17, 15) is 5.11 Å². The summed E-state index contributed by atoms with van der Waals surface area (Å²) in [7, 11) is 0. The quantitative estimate of drug-likeness (QED) is 0.518. The third-order valence-corrected chi connectivity index (χ3v) is 7.99. The van der Waals surface area contributed by atoms with Crippen LogP contribution in [0.5, 0.6) is 0 Å². The van der Waals surface area contributed by atoms with E-state index in [4.69, 9.17) is 6.42 Å². The van der Waals surface area contributed by atoms with Crippen molar-refractivity contribution in [1.82, 2.24) is 0 Å². The van der Waals surface area contributed by atoms with Crippen LogP contribution in [0.1, 0.15) is 58.8 Å². The number of aliphatic hydroxyl groups is 1. The zero-order valence-corrected chi connectivity index (χ0v) is 14.1. The van der Waals surface area contributed by atoms with Gasteiger partial charge in [0.05, 0.1) is 6.10 Å². The van der Waals surface area contributed by atoms with Crippen LogP contribution in [0.15, 0.2) is 11.6 Å². The Kier molecular flexibility index (Phi) is 3.46. The summed E-state index contributed by atoms with van der Waals surface area (Å²) in [6.07, 6.45) is 16.5. The van der Waals surface area contributed by atoms with Gasteiger partial charge in [-0.1, -0.05) is 25.5 Å². The molecule has 1 N–H and O–H groups in total. The fourth-order valence-electron chi connectivity index (χ4n) is 6.98. The molecule has 22 heavy (non-hydrogen) atoms. The van der Waals surface area contributed by atoms with E-state index in [0.29, 0.717) is 11.3 Å². The SMILES string of the molecule is C#C[C@H]1CCC2C3CCC4=C[C@@H](O)CC[C@]4(C)C3C[C@@H](C)C21. The molecular formula is C21H30O. The summed E-state index contributed by atoms with van der Waals surface area (Å²) >= 11 is 0. The van der Waals surface area contributed by atoms with Crippen LogP contribution in [0.25, 0.3) is 0 Å². The van der Waals surface area contributed by atoms with Gasteiger partial charge in [-0.2, -0.15) is 0 Å². The van der Waals surface area contributed by atoms with E-state index in [2.05, 4.69) is 25.8 Å². The molecule has 0 amide bonds. The van der Waals surface area contributed by atoms with Gasteiger partial charge in [0.2, 0.25) is 0 Å². The molecule has 0 saturated heterocycles. The minimum Gasteiger partial charge on any atom is -0.389 e. The highest BCUT2D eigenvalue weighted by Crippen LogP contribution is 2.63. The van der Waals surface area contributed by atoms with Gasteiger partial charge >= 0.3 is 0 Å². The summed E-state index contributed by atoms with van der Waals surface area (Å²) in [5.41, 5.74) is 1.93. The van der Waals surface area contributed by atoms with Gasteiger partial charge in [0.15, 0.2) is 0 Å². The van der Waals surface area contributed by atoms with Crippen LogP contribution in [-0.4, -0.2) is 11.2 Å². The topological polar surface area (TPSA) is 20.2 Å². The van der Waals surface area contributed by atoms with Gasteiger partial charge in [-0.3, -0.25) is 0 Å². The maximum Gasteiger partial charge on any atom is 0.0724 e. The van der Waals surface area contributed by atoms with E-state index in [-0.39, 0.29) is 6.10 Å². The predicted octanol–water partition coefficient (Wildman–Crippen LogP) is 4.42. The van der Waals surface area contributed by atoms with Crippen LogP contribution < -0.4 is 0 Å². The Labute approximate surface area is 135 Å². The van der Waals surface area contributed by atoms with E-state index < -0.39 is 0 Å². The zero-order valence-electron chi connectivity index (χ0n) is 14.1. The maximum atomic E-state index is 10.0. The van der Waals surface area contributed by atoms with Crippen molar-refractivity contribution in [3.05, 3.63) is 11.6 Å². The van der Waals surface area contributed by atoms with Crippen LogP contribution in [-0.2, 0) is 0 Å². The second-order valence-corrected chi connectivity index (χ2v) is 8.83. The van der Waals surface area contributed by atoms with Crippen LogP contribution in [0.2, 0.25) is 0 Å². The number of rotatable bonds is 0. The molecule has 8 atom stereocenters. The fraction of sp³-hybridized carbons (Fsp3) is 0.810. The maximum absolute atomic E-state index is 10.0. The Hall–Kier alpha value is -0.740. The van der Waals surface area contributed by atoms with Gasteiger partial charge < -0.3 is 5.11 Å². The standard InChI is InChI=1S/C21H30O/c1-4-14-5-7-18-17-8-6-15-12-16(22)9-10-21(15,3)19(17)11-13(2)20(14)18/h1,12-14,16-20,22H,5-11H2,2-3H3/t13-,14+,16+,17?,18?,19?,20?,21+/m1/s1. The van der Waals surface area contributed by atoms with E-state index >= 15 is 0 Å². The molecular weight excluding hydrogens is 268 g/mol. The molecule has 120 valence electrons. The first-order valence-electron chi connectivity index (χ1n) is 9.40. The van der Waals surface area contributed by atoms with Crippen molar-refractivity contribution in [2.24, 2.45) is 40.9 Å². The smallest absolute Gasteiger partial charge is 0.0724 e. The summed E-state index contributed by atoms with van der Waals surface area (Å²) in [5, 5.41) is 10.0. The van der Waals surface area contributed by atoms with E-state index in [1.807, 2.05) is 0 Å². The highest BCUT2D eigenvalue weighted by molar-refractivity contribution is 5.25. The molecule has 1 nitrogen and oxygen atoms in total. The van der Waals surface area contributed by atoms with E-state index in [1.54, 1.807) is 5.57 Å². The second kappa shape index (κ2) is 5.13. The van der Waals surface area contributed by atoms with Crippen LogP contribution in [0.4, 0.5) is 0 Å². The molecule has 0 aromatic rings. The molecule has 4 aliphatic rings. The molecule has 4 aliphatic carbocycles. The van der Waals surface area contributed by atoms with E-state index in [0.717, 1.165) is 36.0 Å². The minimum atomic E-state index is -0.189. The second-order valence-electron chi connectivity index (χ2n) is 8.83. The normalized spacial score (nSPS) is 53.7. The summed E-state index contributed by atoms with van der Waals surface area (Å²) in [4.78, 5) is 0. The number of fused-ring (bicyclic) bond motifs is 5. The first kappa shape index (κ1) is 14.8. The molecule has 0 aromatic heterocycles. The molecule has 0 aliphatic heterocycles. The number of allylic oxidation sites excluding steroid dienone is 1. The molecule has 0 radical (unpaired) electrons.